The number of carbonyl (C=O) groups is 1. The van der Waals surface area contributed by atoms with Crippen molar-refractivity contribution in [3.05, 3.63) is 29.9 Å². The van der Waals surface area contributed by atoms with Crippen molar-refractivity contribution in [2.24, 2.45) is 5.92 Å². The molecule has 0 spiro atoms. The summed E-state index contributed by atoms with van der Waals surface area (Å²) >= 11 is 0. The van der Waals surface area contributed by atoms with Gasteiger partial charge in [-0.2, -0.15) is 4.98 Å². The Labute approximate surface area is 123 Å². The Morgan fingerprint density at radius 2 is 2.19 bits per heavy atom. The van der Waals surface area contributed by atoms with E-state index in [0.29, 0.717) is 11.7 Å². The van der Waals surface area contributed by atoms with Crippen molar-refractivity contribution < 1.29 is 9.32 Å². The molecule has 5 nitrogen and oxygen atoms in total. The topological polar surface area (TPSA) is 68.9 Å². The molecule has 21 heavy (non-hydrogen) atoms. The highest BCUT2D eigenvalue weighted by molar-refractivity contribution is 5.82. The molecule has 0 aromatic carbocycles. The highest BCUT2D eigenvalue weighted by atomic mass is 16.5. The first-order chi connectivity index (χ1) is 10.3. The molecule has 1 aliphatic carbocycles. The molecular weight excluding hydrogens is 266 g/mol. The summed E-state index contributed by atoms with van der Waals surface area (Å²) in [6.07, 6.45) is 8.96. The van der Waals surface area contributed by atoms with Crippen LogP contribution in [0, 0.1) is 5.92 Å². The zero-order valence-electron chi connectivity index (χ0n) is 12.2. The fourth-order valence-corrected chi connectivity index (χ4v) is 2.90. The maximum atomic E-state index is 12.1. The van der Waals surface area contributed by atoms with Crippen LogP contribution in [-0.4, -0.2) is 20.9 Å². The summed E-state index contributed by atoms with van der Waals surface area (Å²) in [5.74, 6) is 1.38. The second-order valence-electron chi connectivity index (χ2n) is 5.52. The molecule has 0 bridgehead atoms. The molecular formula is C16H19N3O2. The van der Waals surface area contributed by atoms with E-state index in [9.17, 15) is 4.79 Å². The smallest absolute Gasteiger partial charge is 0.234 e. The molecule has 0 unspecified atom stereocenters. The molecule has 1 aliphatic rings. The van der Waals surface area contributed by atoms with Crippen molar-refractivity contribution in [3.8, 4) is 11.4 Å². The lowest BCUT2D eigenvalue weighted by molar-refractivity contribution is -0.122. The van der Waals surface area contributed by atoms with Gasteiger partial charge < -0.3 is 4.52 Å². The fraction of sp³-hybridized carbons (Fsp3) is 0.500. The number of carbonyl (C=O) groups excluding carboxylic acids is 1. The van der Waals surface area contributed by atoms with Crippen LogP contribution in [0.3, 0.4) is 0 Å². The van der Waals surface area contributed by atoms with Gasteiger partial charge in [0.1, 0.15) is 5.78 Å². The molecule has 2 aromatic rings. The monoisotopic (exact) mass is 285 g/mol. The largest absolute Gasteiger partial charge is 0.339 e. The molecule has 0 saturated heterocycles. The molecule has 0 atom stereocenters. The summed E-state index contributed by atoms with van der Waals surface area (Å²) in [7, 11) is 0. The lowest BCUT2D eigenvalue weighted by Gasteiger charge is -2.04. The number of aryl methyl sites for hydroxylation is 1. The Morgan fingerprint density at radius 3 is 2.95 bits per heavy atom. The third-order valence-electron chi connectivity index (χ3n) is 4.13. The molecule has 5 heteroatoms. The number of pyridine rings is 1. The van der Waals surface area contributed by atoms with Crippen LogP contribution in [0.4, 0.5) is 0 Å². The van der Waals surface area contributed by atoms with Crippen LogP contribution >= 0.6 is 0 Å². The van der Waals surface area contributed by atoms with Crippen LogP contribution in [0.5, 0.6) is 0 Å². The highest BCUT2D eigenvalue weighted by Gasteiger charge is 2.24. The zero-order valence-corrected chi connectivity index (χ0v) is 12.2. The molecule has 2 heterocycles. The van der Waals surface area contributed by atoms with Crippen LogP contribution in [0.2, 0.25) is 0 Å². The van der Waals surface area contributed by atoms with Crippen molar-refractivity contribution in [1.82, 2.24) is 15.1 Å². The molecule has 0 amide bonds. The van der Waals surface area contributed by atoms with E-state index in [4.69, 9.17) is 4.52 Å². The maximum absolute atomic E-state index is 12.1. The van der Waals surface area contributed by atoms with Crippen molar-refractivity contribution in [1.29, 1.82) is 0 Å². The van der Waals surface area contributed by atoms with Gasteiger partial charge in [0.05, 0.1) is 6.42 Å². The van der Waals surface area contributed by atoms with E-state index in [1.807, 2.05) is 12.3 Å². The predicted molar refractivity (Wildman–Crippen MR) is 77.6 cm³/mol. The minimum atomic E-state index is 0.187. The molecule has 110 valence electrons. The Morgan fingerprint density at radius 1 is 1.38 bits per heavy atom. The van der Waals surface area contributed by atoms with Gasteiger partial charge in [0.25, 0.3) is 0 Å². The van der Waals surface area contributed by atoms with E-state index in [-0.39, 0.29) is 18.1 Å². The SMILES string of the molecule is CCc1cnccc1-c1noc(CC(=O)C2CCCC2)n1. The average Bonchev–Trinajstić information content (AvgIpc) is 3.18. The number of nitrogens with zero attached hydrogens (tertiary/aromatic N) is 3. The second-order valence-corrected chi connectivity index (χ2v) is 5.52. The van der Waals surface area contributed by atoms with Gasteiger partial charge in [0, 0.05) is 23.9 Å². The summed E-state index contributed by atoms with van der Waals surface area (Å²) in [4.78, 5) is 20.6. The van der Waals surface area contributed by atoms with E-state index in [1.54, 1.807) is 6.20 Å². The van der Waals surface area contributed by atoms with Crippen molar-refractivity contribution in [2.75, 3.05) is 0 Å². The number of ketones is 1. The summed E-state index contributed by atoms with van der Waals surface area (Å²) in [6.45, 7) is 2.06. The summed E-state index contributed by atoms with van der Waals surface area (Å²) in [6, 6.07) is 1.88. The summed E-state index contributed by atoms with van der Waals surface area (Å²) in [5, 5.41) is 4.01. The predicted octanol–water partition coefficient (Wildman–Crippen LogP) is 3.00. The molecule has 1 fully saturated rings. The second kappa shape index (κ2) is 6.16. The Balaban J connectivity index is 1.75. The minimum Gasteiger partial charge on any atom is -0.339 e. The van der Waals surface area contributed by atoms with Crippen LogP contribution in [-0.2, 0) is 17.6 Å². The Bertz CT molecular complexity index is 630. The van der Waals surface area contributed by atoms with Crippen LogP contribution in [0.25, 0.3) is 11.4 Å². The first-order valence-corrected chi connectivity index (χ1v) is 7.56. The quantitative estimate of drug-likeness (QED) is 0.844. The number of aromatic nitrogens is 3. The van der Waals surface area contributed by atoms with Gasteiger partial charge in [0.2, 0.25) is 11.7 Å². The van der Waals surface area contributed by atoms with Crippen LogP contribution < -0.4 is 0 Å². The normalized spacial score (nSPS) is 15.5. The van der Waals surface area contributed by atoms with Gasteiger partial charge in [-0.25, -0.2) is 0 Å². The number of hydrogen-bond acceptors (Lipinski definition) is 5. The van der Waals surface area contributed by atoms with Crippen molar-refractivity contribution in [3.63, 3.8) is 0 Å². The van der Waals surface area contributed by atoms with Crippen LogP contribution in [0.15, 0.2) is 23.0 Å². The average molecular weight is 285 g/mol. The third-order valence-corrected chi connectivity index (χ3v) is 4.13. The highest BCUT2D eigenvalue weighted by Crippen LogP contribution is 2.27. The van der Waals surface area contributed by atoms with Crippen LogP contribution in [0.1, 0.15) is 44.1 Å². The van der Waals surface area contributed by atoms with Gasteiger partial charge in [0.15, 0.2) is 0 Å². The molecule has 2 aromatic heterocycles. The van der Waals surface area contributed by atoms with E-state index in [0.717, 1.165) is 43.2 Å². The first-order valence-electron chi connectivity index (χ1n) is 7.56. The lowest BCUT2D eigenvalue weighted by atomic mass is 10.0. The van der Waals surface area contributed by atoms with Crippen molar-refractivity contribution >= 4 is 5.78 Å². The van der Waals surface area contributed by atoms with Gasteiger partial charge in [-0.3, -0.25) is 9.78 Å². The number of Topliss-reactive ketones (excluding diaryl/α,β-unsaturated/α-hetero) is 1. The molecule has 1 saturated carbocycles. The standard InChI is InChI=1S/C16H19N3O2/c1-2-11-10-17-8-7-13(11)16-18-15(21-19-16)9-14(20)12-5-3-4-6-12/h7-8,10,12H,2-6,9H2,1H3. The van der Waals surface area contributed by atoms with Gasteiger partial charge in [-0.05, 0) is 30.9 Å². The van der Waals surface area contributed by atoms with E-state index < -0.39 is 0 Å². The molecule has 3 rings (SSSR count). The summed E-state index contributed by atoms with van der Waals surface area (Å²) in [5.41, 5.74) is 2.00. The van der Waals surface area contributed by atoms with Gasteiger partial charge in [-0.15, -0.1) is 0 Å². The van der Waals surface area contributed by atoms with E-state index in [1.165, 1.54) is 0 Å². The van der Waals surface area contributed by atoms with Gasteiger partial charge in [-0.1, -0.05) is 24.9 Å². The number of hydrogen-bond donors (Lipinski definition) is 0. The Hall–Kier alpha value is -2.04. The molecule has 0 aliphatic heterocycles. The van der Waals surface area contributed by atoms with E-state index >= 15 is 0 Å². The third kappa shape index (κ3) is 3.01. The number of rotatable bonds is 5. The van der Waals surface area contributed by atoms with Gasteiger partial charge >= 0.3 is 0 Å². The maximum Gasteiger partial charge on any atom is 0.234 e. The summed E-state index contributed by atoms with van der Waals surface area (Å²) < 4.78 is 5.25. The zero-order chi connectivity index (χ0) is 14.7. The van der Waals surface area contributed by atoms with Crippen molar-refractivity contribution in [2.45, 2.75) is 45.4 Å². The lowest BCUT2D eigenvalue weighted by Crippen LogP contribution is -2.13. The van der Waals surface area contributed by atoms with E-state index in [2.05, 4.69) is 22.0 Å². The minimum absolute atomic E-state index is 0.187. The Kier molecular flexibility index (Phi) is 4.08. The fourth-order valence-electron chi connectivity index (χ4n) is 2.90. The molecule has 0 N–H and O–H groups in total. The first kappa shape index (κ1) is 13.9. The molecule has 0 radical (unpaired) electrons.